The van der Waals surface area contributed by atoms with Crippen molar-refractivity contribution >= 4 is 35.7 Å². The maximum absolute atomic E-state index is 12.2. The lowest BCUT2D eigenvalue weighted by atomic mass is 10.0. The second-order valence-corrected chi connectivity index (χ2v) is 5.27. The van der Waals surface area contributed by atoms with E-state index < -0.39 is 80.0 Å². The van der Waals surface area contributed by atoms with Crippen LogP contribution in [0, 0.1) is 0 Å². The maximum Gasteiger partial charge on any atom is 0.326 e. The smallest absolute Gasteiger partial charge is 0.326 e. The third-order valence-electron chi connectivity index (χ3n) is 3.30. The first-order valence-corrected chi connectivity index (χ1v) is 7.42. The lowest BCUT2D eigenvalue weighted by Crippen LogP contribution is -2.56. The molecule has 12 nitrogen and oxygen atoms in total. The van der Waals surface area contributed by atoms with Crippen LogP contribution in [0.2, 0.25) is 0 Å². The van der Waals surface area contributed by atoms with Gasteiger partial charge in [0.15, 0.2) is 0 Å². The summed E-state index contributed by atoms with van der Waals surface area (Å²) in [6.07, 6.45) is -2.19. The molecule has 0 aliphatic heterocycles. The normalized spacial score (nSPS) is 12.5. The molecule has 0 spiro atoms. The van der Waals surface area contributed by atoms with Gasteiger partial charge in [0.1, 0.15) is 18.6 Å². The Kier molecular flexibility index (Phi) is 9.34. The topological polar surface area (TPSA) is 199 Å². The second kappa shape index (κ2) is 10.6. The first kappa shape index (κ1) is 22.8. The molecule has 2 unspecified atom stereocenters. The molecule has 0 saturated carbocycles. The van der Waals surface area contributed by atoms with Gasteiger partial charge in [-0.3, -0.25) is 24.0 Å². The Labute approximate surface area is 147 Å². The minimum absolute atomic E-state index is 0.475. The van der Waals surface area contributed by atoms with Crippen molar-refractivity contribution in [1.82, 2.24) is 10.2 Å². The summed E-state index contributed by atoms with van der Waals surface area (Å²) in [4.78, 5) is 68.2. The van der Waals surface area contributed by atoms with Crippen molar-refractivity contribution in [2.75, 3.05) is 6.54 Å². The van der Waals surface area contributed by atoms with Gasteiger partial charge < -0.3 is 30.6 Å². The van der Waals surface area contributed by atoms with Crippen molar-refractivity contribution in [2.45, 2.75) is 44.7 Å². The number of hydrogen-bond donors (Lipinski definition) is 5. The highest BCUT2D eigenvalue weighted by atomic mass is 16.4. The Morgan fingerprint density at radius 2 is 1.27 bits per heavy atom. The summed E-state index contributed by atoms with van der Waals surface area (Å²) in [5.74, 6) is -7.56. The molecule has 26 heavy (non-hydrogen) atoms. The minimum atomic E-state index is -1.70. The zero-order valence-corrected chi connectivity index (χ0v) is 13.9. The highest BCUT2D eigenvalue weighted by Gasteiger charge is 2.37. The van der Waals surface area contributed by atoms with Gasteiger partial charge in [-0.15, -0.1) is 0 Å². The van der Waals surface area contributed by atoms with E-state index >= 15 is 0 Å². The number of hydrogen-bond acceptors (Lipinski definition) is 6. The lowest BCUT2D eigenvalue weighted by molar-refractivity contribution is -0.155. The fraction of sp³-hybridized carbons (Fsp3) is 0.571. The molecule has 0 fully saturated rings. The molecule has 2 atom stereocenters. The van der Waals surface area contributed by atoms with Gasteiger partial charge in [0.25, 0.3) is 0 Å². The number of carboxylic acids is 4. The average molecular weight is 376 g/mol. The Bertz CT molecular complexity index is 588. The summed E-state index contributed by atoms with van der Waals surface area (Å²) in [5, 5.41) is 37.4. The van der Waals surface area contributed by atoms with Gasteiger partial charge in [0.05, 0.1) is 0 Å². The molecule has 146 valence electrons. The van der Waals surface area contributed by atoms with Crippen molar-refractivity contribution in [3.8, 4) is 0 Å². The average Bonchev–Trinajstić information content (AvgIpc) is 2.49. The molecule has 0 radical (unpaired) electrons. The summed E-state index contributed by atoms with van der Waals surface area (Å²) >= 11 is 0. The van der Waals surface area contributed by atoms with Crippen molar-refractivity contribution in [2.24, 2.45) is 0 Å². The zero-order valence-electron chi connectivity index (χ0n) is 13.9. The van der Waals surface area contributed by atoms with Gasteiger partial charge in [-0.25, -0.2) is 4.79 Å². The Balaban J connectivity index is 5.69. The highest BCUT2D eigenvalue weighted by molar-refractivity contribution is 5.91. The molecule has 0 aliphatic rings. The zero-order chi connectivity index (χ0) is 20.4. The van der Waals surface area contributed by atoms with Crippen molar-refractivity contribution in [3.05, 3.63) is 0 Å². The highest BCUT2D eigenvalue weighted by Crippen LogP contribution is 2.17. The molecule has 0 rings (SSSR count). The number of carbonyl (C=O) groups excluding carboxylic acids is 2. The number of carbonyl (C=O) groups is 6. The van der Waals surface area contributed by atoms with E-state index in [1.54, 1.807) is 0 Å². The van der Waals surface area contributed by atoms with Gasteiger partial charge in [-0.1, -0.05) is 0 Å². The summed E-state index contributed by atoms with van der Waals surface area (Å²) in [5.41, 5.74) is 0. The molecule has 0 aromatic carbocycles. The SMILES string of the molecule is CC(=O)N(C(CCC(=O)O)C(=O)O)C(CCC(=O)O)C(=O)NCC(=O)O. The minimum Gasteiger partial charge on any atom is -0.481 e. The molecule has 5 N–H and O–H groups in total. The molecule has 0 bridgehead atoms. The predicted octanol–water partition coefficient (Wildman–Crippen LogP) is -1.41. The van der Waals surface area contributed by atoms with Crippen LogP contribution < -0.4 is 5.32 Å². The summed E-state index contributed by atoms with van der Waals surface area (Å²) in [7, 11) is 0. The Hall–Kier alpha value is -3.18. The van der Waals surface area contributed by atoms with Crippen LogP contribution >= 0.6 is 0 Å². The number of carboxylic acid groups (broad SMARTS) is 4. The maximum atomic E-state index is 12.2. The van der Waals surface area contributed by atoms with Crippen LogP contribution in [-0.2, 0) is 28.8 Å². The van der Waals surface area contributed by atoms with Crippen LogP contribution in [0.1, 0.15) is 32.6 Å². The predicted molar refractivity (Wildman–Crippen MR) is 82.1 cm³/mol. The molecule has 0 heterocycles. The van der Waals surface area contributed by atoms with Crippen molar-refractivity contribution in [1.29, 1.82) is 0 Å². The number of nitrogens with one attached hydrogen (secondary N) is 1. The molecule has 12 heteroatoms. The van der Waals surface area contributed by atoms with Gasteiger partial charge in [0.2, 0.25) is 11.8 Å². The molecular weight excluding hydrogens is 356 g/mol. The second-order valence-electron chi connectivity index (χ2n) is 5.27. The summed E-state index contributed by atoms with van der Waals surface area (Å²) in [6.45, 7) is 0.121. The summed E-state index contributed by atoms with van der Waals surface area (Å²) < 4.78 is 0. The van der Waals surface area contributed by atoms with E-state index in [1.165, 1.54) is 0 Å². The Morgan fingerprint density at radius 1 is 0.808 bits per heavy atom. The number of nitrogens with zero attached hydrogens (tertiary/aromatic N) is 1. The van der Waals surface area contributed by atoms with E-state index in [0.717, 1.165) is 6.92 Å². The Morgan fingerprint density at radius 3 is 1.62 bits per heavy atom. The fourth-order valence-electron chi connectivity index (χ4n) is 2.24. The van der Waals surface area contributed by atoms with Gasteiger partial charge >= 0.3 is 23.9 Å². The first-order chi connectivity index (χ1) is 12.0. The third kappa shape index (κ3) is 8.08. The number of aliphatic carboxylic acids is 4. The van der Waals surface area contributed by atoms with Crippen LogP contribution in [0.15, 0.2) is 0 Å². The van der Waals surface area contributed by atoms with Crippen LogP contribution in [0.3, 0.4) is 0 Å². The molecule has 2 amide bonds. The lowest BCUT2D eigenvalue weighted by Gasteiger charge is -2.34. The quantitative estimate of drug-likeness (QED) is 0.269. The van der Waals surface area contributed by atoms with E-state index in [2.05, 4.69) is 0 Å². The van der Waals surface area contributed by atoms with Crippen LogP contribution in [0.5, 0.6) is 0 Å². The van der Waals surface area contributed by atoms with Gasteiger partial charge in [-0.05, 0) is 12.8 Å². The third-order valence-corrected chi connectivity index (χ3v) is 3.30. The number of amides is 2. The molecule has 0 aromatic heterocycles. The van der Waals surface area contributed by atoms with E-state index in [9.17, 15) is 33.9 Å². The van der Waals surface area contributed by atoms with Crippen molar-refractivity contribution in [3.63, 3.8) is 0 Å². The monoisotopic (exact) mass is 376 g/mol. The van der Waals surface area contributed by atoms with E-state index in [1.807, 2.05) is 5.32 Å². The molecule has 0 aliphatic carbocycles. The van der Waals surface area contributed by atoms with Crippen LogP contribution in [-0.4, -0.2) is 79.6 Å². The summed E-state index contributed by atoms with van der Waals surface area (Å²) in [6, 6.07) is -3.28. The van der Waals surface area contributed by atoms with E-state index in [4.69, 9.17) is 15.3 Å². The molecule has 0 aromatic rings. The van der Waals surface area contributed by atoms with Crippen LogP contribution in [0.25, 0.3) is 0 Å². The van der Waals surface area contributed by atoms with Gasteiger partial charge in [-0.2, -0.15) is 0 Å². The largest absolute Gasteiger partial charge is 0.481 e. The van der Waals surface area contributed by atoms with E-state index in [-0.39, 0.29) is 0 Å². The van der Waals surface area contributed by atoms with Crippen LogP contribution in [0.4, 0.5) is 0 Å². The molecular formula is C14H20N2O10. The van der Waals surface area contributed by atoms with Gasteiger partial charge in [0, 0.05) is 19.8 Å². The first-order valence-electron chi connectivity index (χ1n) is 7.42. The fourth-order valence-corrected chi connectivity index (χ4v) is 2.24. The molecule has 0 saturated heterocycles. The standard InChI is InChI=1S/C14H20N2O10/c1-7(17)16(9(14(25)26)3-5-11(20)21)8(2-4-10(18)19)13(24)15-6-12(22)23/h8-9H,2-6H2,1H3,(H,15,24)(H,18,19)(H,20,21)(H,22,23)(H,25,26). The van der Waals surface area contributed by atoms with Crippen molar-refractivity contribution < 1.29 is 49.2 Å². The van der Waals surface area contributed by atoms with E-state index in [0.29, 0.717) is 4.90 Å². The number of rotatable bonds is 12.